The lowest BCUT2D eigenvalue weighted by atomic mass is 9.87. The molecule has 2 aromatic carbocycles. The summed E-state index contributed by atoms with van der Waals surface area (Å²) in [6, 6.07) is 14.8. The summed E-state index contributed by atoms with van der Waals surface area (Å²) >= 11 is 0. The van der Waals surface area contributed by atoms with Crippen LogP contribution in [0.2, 0.25) is 0 Å². The Balaban J connectivity index is 2.07. The number of amides is 2. The minimum atomic E-state index is -0.203. The molecule has 5 nitrogen and oxygen atoms in total. The van der Waals surface area contributed by atoms with Gasteiger partial charge in [-0.1, -0.05) is 52.8 Å². The molecule has 0 aliphatic heterocycles. The van der Waals surface area contributed by atoms with Crippen molar-refractivity contribution in [3.63, 3.8) is 0 Å². The lowest BCUT2D eigenvalue weighted by Gasteiger charge is -2.19. The van der Waals surface area contributed by atoms with Crippen molar-refractivity contribution < 1.29 is 9.59 Å². The molecule has 0 fully saturated rings. The monoisotopic (exact) mass is 379 g/mol. The Morgan fingerprint density at radius 1 is 1.00 bits per heavy atom. The normalized spacial score (nSPS) is 12.0. The Morgan fingerprint density at radius 3 is 2.21 bits per heavy atom. The topological polar surface area (TPSA) is 70.6 Å². The van der Waals surface area contributed by atoms with Crippen molar-refractivity contribution in [2.75, 3.05) is 5.32 Å². The molecule has 0 heterocycles. The fourth-order valence-electron chi connectivity index (χ4n) is 2.52. The summed E-state index contributed by atoms with van der Waals surface area (Å²) in [6.07, 6.45) is 0. The minimum Gasteiger partial charge on any atom is -0.326 e. The Bertz CT molecular complexity index is 875. The number of nitrogens with one attached hydrogen (secondary N) is 2. The van der Waals surface area contributed by atoms with Crippen LogP contribution in [0.15, 0.2) is 53.5 Å². The van der Waals surface area contributed by atoms with Gasteiger partial charge in [-0.05, 0) is 48.2 Å². The Kier molecular flexibility index (Phi) is 6.73. The van der Waals surface area contributed by atoms with Gasteiger partial charge in [0.25, 0.3) is 5.91 Å². The molecule has 0 atom stereocenters. The third kappa shape index (κ3) is 6.05. The van der Waals surface area contributed by atoms with Crippen molar-refractivity contribution in [1.29, 1.82) is 0 Å². The average molecular weight is 380 g/mol. The van der Waals surface area contributed by atoms with Crippen molar-refractivity contribution in [2.24, 2.45) is 10.9 Å². The predicted molar refractivity (Wildman–Crippen MR) is 115 cm³/mol. The van der Waals surface area contributed by atoms with Gasteiger partial charge in [0, 0.05) is 17.2 Å². The summed E-state index contributed by atoms with van der Waals surface area (Å²) in [4.78, 5) is 28.7. The minimum absolute atomic E-state index is 0.0440. The van der Waals surface area contributed by atoms with Gasteiger partial charge in [-0.25, -0.2) is 4.99 Å². The predicted octanol–water partition coefficient (Wildman–Crippen LogP) is 5.06. The van der Waals surface area contributed by atoms with E-state index >= 15 is 0 Å². The number of aliphatic imine (C=N–C) groups is 1. The van der Waals surface area contributed by atoms with Crippen LogP contribution in [0.25, 0.3) is 0 Å². The second kappa shape index (κ2) is 8.83. The van der Waals surface area contributed by atoms with E-state index in [9.17, 15) is 9.59 Å². The highest BCUT2D eigenvalue weighted by Gasteiger charge is 2.14. The largest absolute Gasteiger partial charge is 0.326 e. The van der Waals surface area contributed by atoms with Gasteiger partial charge in [0.2, 0.25) is 5.91 Å². The van der Waals surface area contributed by atoms with Crippen LogP contribution in [-0.4, -0.2) is 17.6 Å². The van der Waals surface area contributed by atoms with Crippen LogP contribution in [0.3, 0.4) is 0 Å². The molecule has 2 amide bonds. The highest BCUT2D eigenvalue weighted by Crippen LogP contribution is 2.22. The van der Waals surface area contributed by atoms with Crippen LogP contribution < -0.4 is 10.6 Å². The van der Waals surface area contributed by atoms with E-state index in [2.05, 4.69) is 36.4 Å². The summed E-state index contributed by atoms with van der Waals surface area (Å²) < 4.78 is 0. The summed E-state index contributed by atoms with van der Waals surface area (Å²) in [6.45, 7) is 11.8. The van der Waals surface area contributed by atoms with E-state index in [4.69, 9.17) is 0 Å². The van der Waals surface area contributed by atoms with E-state index < -0.39 is 0 Å². The molecule has 0 radical (unpaired) electrons. The van der Waals surface area contributed by atoms with Crippen LogP contribution in [0.4, 0.5) is 11.4 Å². The second-order valence-electron chi connectivity index (χ2n) is 8.17. The highest BCUT2D eigenvalue weighted by molar-refractivity contribution is 6.06. The molecule has 0 spiro atoms. The van der Waals surface area contributed by atoms with Crippen LogP contribution in [0, 0.1) is 5.92 Å². The van der Waals surface area contributed by atoms with E-state index in [0.717, 1.165) is 0 Å². The standard InChI is InChI=1S/C23H29N3O2/c1-15(2)21(27)26-20-9-7-8-19(14-20)24-16(3)25-22(28)17-10-12-18(13-11-17)23(4,5)6/h7-15H,1-6H3,(H,26,27)(H,24,25,28). The van der Waals surface area contributed by atoms with Gasteiger partial charge in [0.1, 0.15) is 5.84 Å². The number of hydrogen-bond acceptors (Lipinski definition) is 3. The number of rotatable bonds is 4. The molecule has 2 aromatic rings. The molecule has 28 heavy (non-hydrogen) atoms. The van der Waals surface area contributed by atoms with Gasteiger partial charge < -0.3 is 10.6 Å². The van der Waals surface area contributed by atoms with E-state index in [1.165, 1.54) is 5.56 Å². The van der Waals surface area contributed by atoms with Crippen molar-refractivity contribution in [3.8, 4) is 0 Å². The zero-order valence-electron chi connectivity index (χ0n) is 17.5. The molecule has 148 valence electrons. The third-order valence-corrected chi connectivity index (χ3v) is 4.24. The van der Waals surface area contributed by atoms with E-state index in [1.807, 2.05) is 56.3 Å². The zero-order chi connectivity index (χ0) is 20.9. The maximum absolute atomic E-state index is 12.4. The molecule has 5 heteroatoms. The summed E-state index contributed by atoms with van der Waals surface area (Å²) in [5.74, 6) is 0.130. The first kappa shape index (κ1) is 21.4. The Hall–Kier alpha value is -2.95. The fourth-order valence-corrected chi connectivity index (χ4v) is 2.52. The maximum Gasteiger partial charge on any atom is 0.256 e. The van der Waals surface area contributed by atoms with Gasteiger partial charge in [0.15, 0.2) is 0 Å². The molecule has 0 unspecified atom stereocenters. The molecule has 0 aliphatic carbocycles. The zero-order valence-corrected chi connectivity index (χ0v) is 17.5. The SMILES string of the molecule is CC(=Nc1cccc(NC(=O)C(C)C)c1)NC(=O)c1ccc(C(C)(C)C)cc1. The first-order valence-corrected chi connectivity index (χ1v) is 9.44. The Morgan fingerprint density at radius 2 is 1.64 bits per heavy atom. The number of anilines is 1. The molecule has 2 rings (SSSR count). The van der Waals surface area contributed by atoms with E-state index in [1.54, 1.807) is 13.0 Å². The molecular weight excluding hydrogens is 350 g/mol. The number of benzene rings is 2. The lowest BCUT2D eigenvalue weighted by Crippen LogP contribution is -2.28. The molecular formula is C23H29N3O2. The first-order chi connectivity index (χ1) is 13.1. The van der Waals surface area contributed by atoms with Gasteiger partial charge in [-0.2, -0.15) is 0 Å². The van der Waals surface area contributed by atoms with Crippen LogP contribution in [-0.2, 0) is 10.2 Å². The average Bonchev–Trinajstić information content (AvgIpc) is 2.61. The summed E-state index contributed by atoms with van der Waals surface area (Å²) in [7, 11) is 0. The van der Waals surface area contributed by atoms with E-state index in [-0.39, 0.29) is 23.1 Å². The first-order valence-electron chi connectivity index (χ1n) is 9.44. The highest BCUT2D eigenvalue weighted by atomic mass is 16.2. The molecule has 2 N–H and O–H groups in total. The van der Waals surface area contributed by atoms with E-state index in [0.29, 0.717) is 22.8 Å². The lowest BCUT2D eigenvalue weighted by molar-refractivity contribution is -0.118. The van der Waals surface area contributed by atoms with Crippen LogP contribution in [0.5, 0.6) is 0 Å². The van der Waals surface area contributed by atoms with Gasteiger partial charge in [-0.15, -0.1) is 0 Å². The van der Waals surface area contributed by atoms with Gasteiger partial charge in [0.05, 0.1) is 5.69 Å². The van der Waals surface area contributed by atoms with Crippen molar-refractivity contribution in [2.45, 2.75) is 47.0 Å². The number of carbonyl (C=O) groups excluding carboxylic acids is 2. The van der Waals surface area contributed by atoms with Gasteiger partial charge >= 0.3 is 0 Å². The molecule has 0 saturated heterocycles. The Labute approximate surface area is 167 Å². The van der Waals surface area contributed by atoms with Crippen LogP contribution >= 0.6 is 0 Å². The summed E-state index contributed by atoms with van der Waals surface area (Å²) in [5, 5.41) is 5.65. The van der Waals surface area contributed by atoms with Crippen molar-refractivity contribution >= 4 is 29.0 Å². The number of nitrogens with zero attached hydrogens (tertiary/aromatic N) is 1. The number of amidine groups is 1. The van der Waals surface area contributed by atoms with Gasteiger partial charge in [-0.3, -0.25) is 9.59 Å². The third-order valence-electron chi connectivity index (χ3n) is 4.24. The van der Waals surface area contributed by atoms with Crippen molar-refractivity contribution in [1.82, 2.24) is 5.32 Å². The maximum atomic E-state index is 12.4. The fraction of sp³-hybridized carbons (Fsp3) is 0.348. The number of hydrogen-bond donors (Lipinski definition) is 2. The van der Waals surface area contributed by atoms with Crippen LogP contribution in [0.1, 0.15) is 57.5 Å². The number of carbonyl (C=O) groups is 2. The molecule has 0 aromatic heterocycles. The second-order valence-corrected chi connectivity index (χ2v) is 8.17. The molecule has 0 aliphatic rings. The quantitative estimate of drug-likeness (QED) is 0.576. The van der Waals surface area contributed by atoms with Crippen molar-refractivity contribution in [3.05, 3.63) is 59.7 Å². The summed E-state index contributed by atoms with van der Waals surface area (Å²) in [5.41, 5.74) is 3.14. The molecule has 0 saturated carbocycles. The molecule has 0 bridgehead atoms. The smallest absolute Gasteiger partial charge is 0.256 e.